The molecule has 7 nitrogen and oxygen atoms in total. The highest BCUT2D eigenvalue weighted by molar-refractivity contribution is 7.91. The number of hydrogen-bond acceptors (Lipinski definition) is 6. The Morgan fingerprint density at radius 2 is 2.00 bits per heavy atom. The van der Waals surface area contributed by atoms with Crippen molar-refractivity contribution in [2.75, 3.05) is 16.8 Å². The first-order chi connectivity index (χ1) is 12.4. The highest BCUT2D eigenvalue weighted by Crippen LogP contribution is 2.23. The molecule has 1 aliphatic heterocycles. The molecule has 1 fully saturated rings. The van der Waals surface area contributed by atoms with Gasteiger partial charge < -0.3 is 10.6 Å². The third-order valence-corrected chi connectivity index (χ3v) is 6.23. The molecule has 0 radical (unpaired) electrons. The topological polar surface area (TPSA) is 101 Å². The fraction of sp³-hybridized carbons (Fsp3) is 0.389. The van der Waals surface area contributed by atoms with Crippen LogP contribution in [-0.4, -0.2) is 41.8 Å². The maximum absolute atomic E-state index is 12.2. The van der Waals surface area contributed by atoms with E-state index in [1.54, 1.807) is 0 Å². The summed E-state index contributed by atoms with van der Waals surface area (Å²) < 4.78 is 22.9. The van der Waals surface area contributed by atoms with Gasteiger partial charge in [-0.15, -0.1) is 0 Å². The van der Waals surface area contributed by atoms with Crippen LogP contribution in [-0.2, 0) is 16.3 Å². The molecular formula is C18H22N4O3S. The number of aryl methyl sites for hydroxylation is 2. The third-order valence-electron chi connectivity index (χ3n) is 4.46. The summed E-state index contributed by atoms with van der Waals surface area (Å²) in [4.78, 5) is 20.7. The van der Waals surface area contributed by atoms with Crippen LogP contribution in [0.1, 0.15) is 34.8 Å². The van der Waals surface area contributed by atoms with E-state index in [2.05, 4.69) is 27.5 Å². The zero-order valence-electron chi connectivity index (χ0n) is 14.8. The molecule has 0 spiro atoms. The van der Waals surface area contributed by atoms with E-state index in [0.717, 1.165) is 23.2 Å². The Hall–Kier alpha value is -2.48. The normalized spacial score (nSPS) is 18.5. The van der Waals surface area contributed by atoms with Crippen molar-refractivity contribution in [2.24, 2.45) is 0 Å². The average molecular weight is 374 g/mol. The molecule has 0 bridgehead atoms. The van der Waals surface area contributed by atoms with E-state index in [9.17, 15) is 13.2 Å². The molecule has 2 N–H and O–H groups in total. The molecule has 0 aliphatic carbocycles. The minimum absolute atomic E-state index is 0.00762. The van der Waals surface area contributed by atoms with Crippen LogP contribution < -0.4 is 10.6 Å². The number of hydrogen-bond donors (Lipinski definition) is 2. The second kappa shape index (κ2) is 7.41. The zero-order chi connectivity index (χ0) is 18.7. The number of nitrogens with zero attached hydrogens (tertiary/aromatic N) is 2. The van der Waals surface area contributed by atoms with E-state index in [1.807, 2.05) is 25.1 Å². The lowest BCUT2D eigenvalue weighted by molar-refractivity contribution is 0.0940. The van der Waals surface area contributed by atoms with Gasteiger partial charge in [-0.25, -0.2) is 18.4 Å². The SMILES string of the molecule is CCc1cccc(C)c1Nc1ncc(C(=O)NC2CCS(=O)(=O)C2)cn1. The smallest absolute Gasteiger partial charge is 0.254 e. The van der Waals surface area contributed by atoms with Gasteiger partial charge in [0.25, 0.3) is 5.91 Å². The van der Waals surface area contributed by atoms with Gasteiger partial charge in [0.15, 0.2) is 9.84 Å². The largest absolute Gasteiger partial charge is 0.348 e. The summed E-state index contributed by atoms with van der Waals surface area (Å²) in [7, 11) is -3.03. The van der Waals surface area contributed by atoms with E-state index in [4.69, 9.17) is 0 Å². The lowest BCUT2D eigenvalue weighted by Gasteiger charge is -2.13. The molecule has 1 unspecified atom stereocenters. The molecule has 138 valence electrons. The monoisotopic (exact) mass is 374 g/mol. The summed E-state index contributed by atoms with van der Waals surface area (Å²) in [5.41, 5.74) is 3.54. The van der Waals surface area contributed by atoms with E-state index in [0.29, 0.717) is 17.9 Å². The average Bonchev–Trinajstić information content (AvgIpc) is 2.95. The van der Waals surface area contributed by atoms with E-state index in [-0.39, 0.29) is 23.5 Å². The minimum Gasteiger partial charge on any atom is -0.348 e. The Labute approximate surface area is 153 Å². The second-order valence-corrected chi connectivity index (χ2v) is 8.69. The number of carbonyl (C=O) groups excluding carboxylic acids is 1. The molecule has 1 saturated heterocycles. The lowest BCUT2D eigenvalue weighted by atomic mass is 10.1. The van der Waals surface area contributed by atoms with Gasteiger partial charge >= 0.3 is 0 Å². The van der Waals surface area contributed by atoms with Gasteiger partial charge in [0.2, 0.25) is 5.95 Å². The van der Waals surface area contributed by atoms with Crippen LogP contribution in [0.5, 0.6) is 0 Å². The Kier molecular flexibility index (Phi) is 5.22. The van der Waals surface area contributed by atoms with Gasteiger partial charge in [-0.1, -0.05) is 25.1 Å². The Balaban J connectivity index is 1.68. The number of aromatic nitrogens is 2. The van der Waals surface area contributed by atoms with Crippen molar-refractivity contribution in [1.82, 2.24) is 15.3 Å². The Bertz CT molecular complexity index is 911. The number of amides is 1. The molecule has 2 heterocycles. The zero-order valence-corrected chi connectivity index (χ0v) is 15.6. The van der Waals surface area contributed by atoms with Crippen LogP contribution in [0.3, 0.4) is 0 Å². The summed E-state index contributed by atoms with van der Waals surface area (Å²) in [5, 5.41) is 5.94. The molecule has 2 aromatic rings. The van der Waals surface area contributed by atoms with Gasteiger partial charge in [0.1, 0.15) is 0 Å². The maximum Gasteiger partial charge on any atom is 0.254 e. The number of sulfone groups is 1. The van der Waals surface area contributed by atoms with Crippen molar-refractivity contribution in [2.45, 2.75) is 32.7 Å². The molecular weight excluding hydrogens is 352 g/mol. The molecule has 0 saturated carbocycles. The van der Waals surface area contributed by atoms with Crippen LogP contribution in [0.4, 0.5) is 11.6 Å². The van der Waals surface area contributed by atoms with E-state index >= 15 is 0 Å². The number of anilines is 2. The summed E-state index contributed by atoms with van der Waals surface area (Å²) in [6.07, 6.45) is 4.21. The van der Waals surface area contributed by atoms with Gasteiger partial charge in [-0.2, -0.15) is 0 Å². The molecule has 26 heavy (non-hydrogen) atoms. The summed E-state index contributed by atoms with van der Waals surface area (Å²) >= 11 is 0. The summed E-state index contributed by atoms with van der Waals surface area (Å²) in [6, 6.07) is 5.73. The van der Waals surface area contributed by atoms with Crippen LogP contribution in [0.25, 0.3) is 0 Å². The highest BCUT2D eigenvalue weighted by atomic mass is 32.2. The van der Waals surface area contributed by atoms with Crippen LogP contribution in [0.15, 0.2) is 30.6 Å². The molecule has 1 aliphatic rings. The van der Waals surface area contributed by atoms with Crippen molar-refractivity contribution in [1.29, 1.82) is 0 Å². The van der Waals surface area contributed by atoms with Crippen molar-refractivity contribution < 1.29 is 13.2 Å². The van der Waals surface area contributed by atoms with Crippen molar-refractivity contribution in [3.8, 4) is 0 Å². The Morgan fingerprint density at radius 1 is 1.27 bits per heavy atom. The van der Waals surface area contributed by atoms with Crippen molar-refractivity contribution in [3.05, 3.63) is 47.3 Å². The second-order valence-electron chi connectivity index (χ2n) is 6.46. The standard InChI is InChI=1S/C18H22N4O3S/c1-3-13-6-4-5-12(2)16(13)22-18-19-9-14(10-20-18)17(23)21-15-7-8-26(24,25)11-15/h4-6,9-10,15H,3,7-8,11H2,1-2H3,(H,21,23)(H,19,20,22). The number of para-hydroxylation sites is 1. The Morgan fingerprint density at radius 3 is 2.62 bits per heavy atom. The van der Waals surface area contributed by atoms with Gasteiger partial charge in [0, 0.05) is 24.1 Å². The van der Waals surface area contributed by atoms with E-state index < -0.39 is 9.84 Å². The van der Waals surface area contributed by atoms with Gasteiger partial charge in [-0.05, 0) is 30.9 Å². The minimum atomic E-state index is -3.03. The number of nitrogens with one attached hydrogen (secondary N) is 2. The third kappa shape index (κ3) is 4.19. The molecule has 1 aromatic heterocycles. The quantitative estimate of drug-likeness (QED) is 0.830. The van der Waals surface area contributed by atoms with Crippen molar-refractivity contribution >= 4 is 27.4 Å². The van der Waals surface area contributed by atoms with E-state index in [1.165, 1.54) is 12.4 Å². The first-order valence-corrected chi connectivity index (χ1v) is 10.4. The first kappa shape index (κ1) is 18.3. The summed E-state index contributed by atoms with van der Waals surface area (Å²) in [5.74, 6) is 0.164. The lowest BCUT2D eigenvalue weighted by Crippen LogP contribution is -2.35. The maximum atomic E-state index is 12.2. The fourth-order valence-corrected chi connectivity index (χ4v) is 4.67. The van der Waals surface area contributed by atoms with Crippen molar-refractivity contribution in [3.63, 3.8) is 0 Å². The molecule has 1 amide bonds. The highest BCUT2D eigenvalue weighted by Gasteiger charge is 2.29. The number of carbonyl (C=O) groups is 1. The van der Waals surface area contributed by atoms with Crippen LogP contribution in [0, 0.1) is 6.92 Å². The predicted octanol–water partition coefficient (Wildman–Crippen LogP) is 2.01. The first-order valence-electron chi connectivity index (χ1n) is 8.57. The van der Waals surface area contributed by atoms with Gasteiger partial charge in [0.05, 0.1) is 17.1 Å². The molecule has 1 atom stereocenters. The number of rotatable bonds is 5. The predicted molar refractivity (Wildman–Crippen MR) is 100 cm³/mol. The molecule has 8 heteroatoms. The molecule has 1 aromatic carbocycles. The number of benzene rings is 1. The fourth-order valence-electron chi connectivity index (χ4n) is 3.00. The van der Waals surface area contributed by atoms with Crippen LogP contribution in [0.2, 0.25) is 0 Å². The van der Waals surface area contributed by atoms with Gasteiger partial charge in [-0.3, -0.25) is 4.79 Å². The molecule has 3 rings (SSSR count). The van der Waals surface area contributed by atoms with Crippen LogP contribution >= 0.6 is 0 Å². The summed E-state index contributed by atoms with van der Waals surface area (Å²) in [6.45, 7) is 4.09.